The minimum atomic E-state index is -0.0666. The van der Waals surface area contributed by atoms with Crippen molar-refractivity contribution in [3.8, 4) is 0 Å². The molecule has 0 aromatic rings. The highest BCUT2D eigenvalue weighted by molar-refractivity contribution is 5.75. The predicted molar refractivity (Wildman–Crippen MR) is 43.0 cm³/mol. The minimum Gasteiger partial charge on any atom is -0.469 e. The van der Waals surface area contributed by atoms with E-state index in [-0.39, 0.29) is 11.9 Å². The van der Waals surface area contributed by atoms with E-state index in [9.17, 15) is 4.79 Å². The lowest BCUT2D eigenvalue weighted by Gasteiger charge is -2.34. The lowest BCUT2D eigenvalue weighted by Crippen LogP contribution is -2.34. The molecule has 11 heavy (non-hydrogen) atoms. The molecule has 2 heteroatoms. The van der Waals surface area contributed by atoms with Gasteiger partial charge in [0.1, 0.15) is 0 Å². The van der Waals surface area contributed by atoms with Crippen LogP contribution in [0.15, 0.2) is 11.6 Å². The summed E-state index contributed by atoms with van der Waals surface area (Å²) in [6.45, 7) is 4.08. The molecule has 1 saturated carbocycles. The standard InChI is InChI=1S/C9H14O2/c1-4-7-5-8(6(7)2)9(10)11-3/h4,6,8H,5H2,1-3H3/b7-4+/t6-,8+/m1/s1. The van der Waals surface area contributed by atoms with Crippen LogP contribution in [-0.4, -0.2) is 13.1 Å². The van der Waals surface area contributed by atoms with Crippen molar-refractivity contribution in [3.63, 3.8) is 0 Å². The average Bonchev–Trinajstić information content (AvgIpc) is 2.02. The summed E-state index contributed by atoms with van der Waals surface area (Å²) in [5, 5.41) is 0. The van der Waals surface area contributed by atoms with Gasteiger partial charge in [0.15, 0.2) is 0 Å². The van der Waals surface area contributed by atoms with Gasteiger partial charge in [0.05, 0.1) is 13.0 Å². The Balaban J connectivity index is 2.51. The van der Waals surface area contributed by atoms with E-state index in [1.807, 2.05) is 6.92 Å². The molecular formula is C9H14O2. The van der Waals surface area contributed by atoms with Crippen molar-refractivity contribution in [2.75, 3.05) is 7.11 Å². The van der Waals surface area contributed by atoms with E-state index in [0.717, 1.165) is 6.42 Å². The number of carbonyl (C=O) groups is 1. The number of ether oxygens (including phenoxy) is 1. The van der Waals surface area contributed by atoms with E-state index in [2.05, 4.69) is 17.7 Å². The molecule has 2 nitrogen and oxygen atoms in total. The lowest BCUT2D eigenvalue weighted by atomic mass is 9.70. The molecule has 0 saturated heterocycles. The molecule has 0 N–H and O–H groups in total. The molecule has 0 bridgehead atoms. The molecule has 0 aromatic carbocycles. The van der Waals surface area contributed by atoms with Crippen LogP contribution in [0.1, 0.15) is 20.3 Å². The fourth-order valence-corrected chi connectivity index (χ4v) is 1.53. The van der Waals surface area contributed by atoms with Gasteiger partial charge in [-0.1, -0.05) is 18.6 Å². The molecule has 0 aliphatic heterocycles. The van der Waals surface area contributed by atoms with Crippen LogP contribution >= 0.6 is 0 Å². The van der Waals surface area contributed by atoms with Crippen LogP contribution in [0.5, 0.6) is 0 Å². The molecule has 1 aliphatic rings. The van der Waals surface area contributed by atoms with Crippen LogP contribution in [0.2, 0.25) is 0 Å². The number of hydrogen-bond donors (Lipinski definition) is 0. The van der Waals surface area contributed by atoms with Gasteiger partial charge in [0.25, 0.3) is 0 Å². The van der Waals surface area contributed by atoms with Gasteiger partial charge in [-0.15, -0.1) is 0 Å². The molecule has 0 unspecified atom stereocenters. The molecule has 62 valence electrons. The number of methoxy groups -OCH3 is 1. The normalized spacial score (nSPS) is 33.2. The fourth-order valence-electron chi connectivity index (χ4n) is 1.53. The monoisotopic (exact) mass is 154 g/mol. The Morgan fingerprint density at radius 3 is 2.73 bits per heavy atom. The molecule has 1 aliphatic carbocycles. The first-order valence-corrected chi connectivity index (χ1v) is 3.93. The maximum Gasteiger partial charge on any atom is 0.309 e. The first kappa shape index (κ1) is 8.31. The molecule has 0 amide bonds. The summed E-state index contributed by atoms with van der Waals surface area (Å²) in [5.41, 5.74) is 1.38. The van der Waals surface area contributed by atoms with Gasteiger partial charge in [-0.25, -0.2) is 0 Å². The van der Waals surface area contributed by atoms with Gasteiger partial charge in [0, 0.05) is 0 Å². The van der Waals surface area contributed by atoms with Gasteiger partial charge >= 0.3 is 5.97 Å². The van der Waals surface area contributed by atoms with Gasteiger partial charge in [0.2, 0.25) is 0 Å². The molecule has 1 fully saturated rings. The van der Waals surface area contributed by atoms with E-state index < -0.39 is 0 Å². The highest BCUT2D eigenvalue weighted by Crippen LogP contribution is 2.39. The Morgan fingerprint density at radius 2 is 2.36 bits per heavy atom. The zero-order valence-electron chi connectivity index (χ0n) is 7.26. The topological polar surface area (TPSA) is 26.3 Å². The molecule has 0 radical (unpaired) electrons. The fraction of sp³-hybridized carbons (Fsp3) is 0.667. The van der Waals surface area contributed by atoms with Gasteiger partial charge < -0.3 is 4.74 Å². The van der Waals surface area contributed by atoms with Crippen LogP contribution in [-0.2, 0) is 9.53 Å². The summed E-state index contributed by atoms with van der Waals surface area (Å²) in [4.78, 5) is 11.0. The zero-order valence-corrected chi connectivity index (χ0v) is 7.26. The van der Waals surface area contributed by atoms with Crippen LogP contribution < -0.4 is 0 Å². The number of allylic oxidation sites excluding steroid dienone is 2. The average molecular weight is 154 g/mol. The summed E-state index contributed by atoms with van der Waals surface area (Å²) in [6.07, 6.45) is 2.98. The first-order valence-electron chi connectivity index (χ1n) is 3.93. The van der Waals surface area contributed by atoms with E-state index >= 15 is 0 Å². The van der Waals surface area contributed by atoms with Crippen LogP contribution in [0, 0.1) is 11.8 Å². The van der Waals surface area contributed by atoms with Gasteiger partial charge in [-0.3, -0.25) is 4.79 Å². The summed E-state index contributed by atoms with van der Waals surface area (Å²) in [6, 6.07) is 0. The number of esters is 1. The predicted octanol–water partition coefficient (Wildman–Crippen LogP) is 1.76. The van der Waals surface area contributed by atoms with Crippen LogP contribution in [0.4, 0.5) is 0 Å². The second kappa shape index (κ2) is 3.07. The van der Waals surface area contributed by atoms with E-state index in [1.165, 1.54) is 12.7 Å². The number of hydrogen-bond acceptors (Lipinski definition) is 2. The van der Waals surface area contributed by atoms with Gasteiger partial charge in [-0.2, -0.15) is 0 Å². The third-order valence-corrected chi connectivity index (χ3v) is 2.52. The highest BCUT2D eigenvalue weighted by Gasteiger charge is 2.37. The van der Waals surface area contributed by atoms with Crippen LogP contribution in [0.3, 0.4) is 0 Å². The van der Waals surface area contributed by atoms with E-state index in [0.29, 0.717) is 5.92 Å². The maximum atomic E-state index is 11.0. The maximum absolute atomic E-state index is 11.0. The largest absolute Gasteiger partial charge is 0.469 e. The van der Waals surface area contributed by atoms with Crippen molar-refractivity contribution in [2.24, 2.45) is 11.8 Å². The second-order valence-corrected chi connectivity index (χ2v) is 2.99. The minimum absolute atomic E-state index is 0.0666. The molecule has 0 spiro atoms. The number of rotatable bonds is 1. The molecule has 0 aromatic heterocycles. The first-order chi connectivity index (χ1) is 5.20. The Bertz CT molecular complexity index is 194. The molecule has 1 rings (SSSR count). The third kappa shape index (κ3) is 1.30. The van der Waals surface area contributed by atoms with E-state index in [4.69, 9.17) is 0 Å². The zero-order chi connectivity index (χ0) is 8.43. The smallest absolute Gasteiger partial charge is 0.309 e. The summed E-state index contributed by atoms with van der Waals surface area (Å²) < 4.78 is 4.65. The van der Waals surface area contributed by atoms with Crippen molar-refractivity contribution in [2.45, 2.75) is 20.3 Å². The second-order valence-electron chi connectivity index (χ2n) is 2.99. The Hall–Kier alpha value is -0.790. The summed E-state index contributed by atoms with van der Waals surface area (Å²) >= 11 is 0. The lowest BCUT2D eigenvalue weighted by molar-refractivity contribution is -0.148. The van der Waals surface area contributed by atoms with Crippen molar-refractivity contribution < 1.29 is 9.53 Å². The highest BCUT2D eigenvalue weighted by atomic mass is 16.5. The van der Waals surface area contributed by atoms with Crippen molar-refractivity contribution in [1.82, 2.24) is 0 Å². The van der Waals surface area contributed by atoms with E-state index in [1.54, 1.807) is 0 Å². The van der Waals surface area contributed by atoms with Crippen molar-refractivity contribution in [3.05, 3.63) is 11.6 Å². The molecular weight excluding hydrogens is 140 g/mol. The van der Waals surface area contributed by atoms with Crippen LogP contribution in [0.25, 0.3) is 0 Å². The van der Waals surface area contributed by atoms with Gasteiger partial charge in [-0.05, 0) is 19.3 Å². The van der Waals surface area contributed by atoms with Crippen molar-refractivity contribution in [1.29, 1.82) is 0 Å². The number of carbonyl (C=O) groups excluding carboxylic acids is 1. The molecule has 0 heterocycles. The summed E-state index contributed by atoms with van der Waals surface area (Å²) in [7, 11) is 1.45. The Kier molecular flexibility index (Phi) is 2.32. The summed E-state index contributed by atoms with van der Waals surface area (Å²) in [5.74, 6) is 0.446. The SMILES string of the molecule is C/C=C1\C[C@H](C(=O)OC)[C@@H]1C. The Labute approximate surface area is 67.2 Å². The quantitative estimate of drug-likeness (QED) is 0.425. The Morgan fingerprint density at radius 1 is 1.73 bits per heavy atom. The van der Waals surface area contributed by atoms with Crippen molar-refractivity contribution >= 4 is 5.97 Å². The third-order valence-electron chi connectivity index (χ3n) is 2.52. The molecule has 2 atom stereocenters.